The molecule has 0 radical (unpaired) electrons. The lowest BCUT2D eigenvalue weighted by Gasteiger charge is -2.32. The fourth-order valence-corrected chi connectivity index (χ4v) is 5.37. The molecule has 0 heterocycles. The second-order valence-corrected chi connectivity index (χ2v) is 11.3. The molecule has 8 nitrogen and oxygen atoms in total. The molecule has 1 aliphatic carbocycles. The molecule has 1 N–H and O–H groups in total. The first-order chi connectivity index (χ1) is 17.1. The summed E-state index contributed by atoms with van der Waals surface area (Å²) in [6.45, 7) is 3.34. The van der Waals surface area contributed by atoms with Gasteiger partial charge < -0.3 is 15.0 Å². The maximum absolute atomic E-state index is 13.7. The van der Waals surface area contributed by atoms with Gasteiger partial charge in [0.1, 0.15) is 18.3 Å². The van der Waals surface area contributed by atoms with Crippen molar-refractivity contribution in [2.45, 2.75) is 58.2 Å². The van der Waals surface area contributed by atoms with Gasteiger partial charge in [0.25, 0.3) is 0 Å². The maximum Gasteiger partial charge on any atom is 0.244 e. The Hall–Kier alpha value is -2.78. The number of benzene rings is 2. The van der Waals surface area contributed by atoms with Gasteiger partial charge in [0.05, 0.1) is 18.6 Å². The fraction of sp³-hybridized carbons (Fsp3) is 0.462. The molecule has 196 valence electrons. The van der Waals surface area contributed by atoms with Crippen molar-refractivity contribution in [3.8, 4) is 5.75 Å². The third-order valence-electron chi connectivity index (χ3n) is 6.28. The zero-order chi connectivity index (χ0) is 26.3. The van der Waals surface area contributed by atoms with Crippen molar-refractivity contribution < 1.29 is 22.7 Å². The number of hydrogen-bond donors (Lipinski definition) is 1. The Morgan fingerprint density at radius 1 is 1.11 bits per heavy atom. The molecule has 1 fully saturated rings. The van der Waals surface area contributed by atoms with Crippen LogP contribution in [0.15, 0.2) is 48.5 Å². The molecule has 0 saturated heterocycles. The van der Waals surface area contributed by atoms with E-state index in [-0.39, 0.29) is 24.2 Å². The second kappa shape index (κ2) is 12.5. The minimum absolute atomic E-state index is 0.0580. The highest BCUT2D eigenvalue weighted by molar-refractivity contribution is 7.92. The third-order valence-corrected chi connectivity index (χ3v) is 7.78. The molecule has 3 rings (SSSR count). The van der Waals surface area contributed by atoms with Crippen molar-refractivity contribution in [2.75, 3.05) is 23.7 Å². The lowest BCUT2D eigenvalue weighted by atomic mass is 10.1. The molecule has 36 heavy (non-hydrogen) atoms. The summed E-state index contributed by atoms with van der Waals surface area (Å²) in [6.07, 6.45) is 4.98. The Morgan fingerprint density at radius 2 is 1.75 bits per heavy atom. The van der Waals surface area contributed by atoms with Crippen LogP contribution in [0.2, 0.25) is 5.02 Å². The van der Waals surface area contributed by atoms with Gasteiger partial charge in [0, 0.05) is 17.6 Å². The molecule has 0 aromatic heterocycles. The van der Waals surface area contributed by atoms with E-state index in [4.69, 9.17) is 16.3 Å². The first-order valence-electron chi connectivity index (χ1n) is 12.1. The summed E-state index contributed by atoms with van der Waals surface area (Å²) in [5.41, 5.74) is 0.921. The summed E-state index contributed by atoms with van der Waals surface area (Å²) >= 11 is 6.36. The molecule has 2 aromatic carbocycles. The van der Waals surface area contributed by atoms with Crippen LogP contribution in [0.5, 0.6) is 5.75 Å². The topological polar surface area (TPSA) is 96.0 Å². The minimum Gasteiger partial charge on any atom is -0.492 e. The Bertz CT molecular complexity index is 1170. The number of rotatable bonds is 11. The Balaban J connectivity index is 1.92. The highest BCUT2D eigenvalue weighted by atomic mass is 35.5. The number of para-hydroxylation sites is 2. The summed E-state index contributed by atoms with van der Waals surface area (Å²) in [5, 5.41) is 3.50. The Kier molecular flexibility index (Phi) is 9.62. The summed E-state index contributed by atoms with van der Waals surface area (Å²) < 4.78 is 32.2. The number of nitrogens with one attached hydrogen (secondary N) is 1. The van der Waals surface area contributed by atoms with Crippen molar-refractivity contribution in [3.63, 3.8) is 0 Å². The second-order valence-electron chi connectivity index (χ2n) is 8.95. The van der Waals surface area contributed by atoms with Crippen LogP contribution in [0.3, 0.4) is 0 Å². The quantitative estimate of drug-likeness (QED) is 0.469. The molecule has 1 aliphatic rings. The van der Waals surface area contributed by atoms with Gasteiger partial charge in [0.2, 0.25) is 21.8 Å². The third kappa shape index (κ3) is 7.13. The van der Waals surface area contributed by atoms with E-state index in [1.54, 1.807) is 62.4 Å². The van der Waals surface area contributed by atoms with E-state index in [1.807, 2.05) is 0 Å². The van der Waals surface area contributed by atoms with Crippen LogP contribution in [0, 0.1) is 0 Å². The van der Waals surface area contributed by atoms with Crippen LogP contribution >= 0.6 is 11.6 Å². The first-order valence-corrected chi connectivity index (χ1v) is 14.4. The first kappa shape index (κ1) is 27.8. The molecule has 10 heteroatoms. The molecule has 0 aliphatic heterocycles. The van der Waals surface area contributed by atoms with Crippen LogP contribution in [-0.2, 0) is 26.2 Å². The number of sulfonamides is 1. The van der Waals surface area contributed by atoms with E-state index in [0.29, 0.717) is 22.9 Å². The number of hydrogen-bond acceptors (Lipinski definition) is 5. The molecular weight excluding hydrogens is 502 g/mol. The molecule has 2 amide bonds. The Labute approximate surface area is 218 Å². The molecule has 1 atom stereocenters. The summed E-state index contributed by atoms with van der Waals surface area (Å²) in [4.78, 5) is 28.2. The molecule has 0 bridgehead atoms. The average molecular weight is 536 g/mol. The number of halogens is 1. The normalized spacial score (nSPS) is 14.8. The predicted molar refractivity (Wildman–Crippen MR) is 142 cm³/mol. The van der Waals surface area contributed by atoms with Crippen LogP contribution in [0.1, 0.15) is 45.1 Å². The van der Waals surface area contributed by atoms with Crippen molar-refractivity contribution in [3.05, 3.63) is 59.1 Å². The summed E-state index contributed by atoms with van der Waals surface area (Å²) in [7, 11) is -3.85. The van der Waals surface area contributed by atoms with Gasteiger partial charge in [0.15, 0.2) is 0 Å². The van der Waals surface area contributed by atoms with Crippen molar-refractivity contribution in [1.29, 1.82) is 0 Å². The van der Waals surface area contributed by atoms with Gasteiger partial charge in [-0.3, -0.25) is 13.9 Å². The summed E-state index contributed by atoms with van der Waals surface area (Å²) in [5.74, 6) is -0.452. The fourth-order valence-electron chi connectivity index (χ4n) is 4.32. The predicted octanol–water partition coefficient (Wildman–Crippen LogP) is 3.98. The van der Waals surface area contributed by atoms with E-state index >= 15 is 0 Å². The van der Waals surface area contributed by atoms with Crippen LogP contribution in [-0.4, -0.2) is 56.6 Å². The van der Waals surface area contributed by atoms with Gasteiger partial charge in [-0.1, -0.05) is 54.8 Å². The number of carbonyl (C=O) groups excluding carboxylic acids is 2. The van der Waals surface area contributed by atoms with Gasteiger partial charge in [-0.25, -0.2) is 8.42 Å². The average Bonchev–Trinajstić information content (AvgIpc) is 3.34. The zero-order valence-corrected chi connectivity index (χ0v) is 22.5. The SMILES string of the molecule is CCOc1ccccc1N(CC(=O)N(Cc1ccccc1Cl)[C@@H](C)C(=O)NC1CCCC1)S(C)(=O)=O. The number of ether oxygens (including phenoxy) is 1. The van der Waals surface area contributed by atoms with Gasteiger partial charge >= 0.3 is 0 Å². The smallest absolute Gasteiger partial charge is 0.244 e. The van der Waals surface area contributed by atoms with E-state index < -0.39 is 28.5 Å². The van der Waals surface area contributed by atoms with Gasteiger partial charge in [-0.15, -0.1) is 0 Å². The highest BCUT2D eigenvalue weighted by Gasteiger charge is 2.32. The van der Waals surface area contributed by atoms with Crippen molar-refractivity contribution in [1.82, 2.24) is 10.2 Å². The van der Waals surface area contributed by atoms with Crippen molar-refractivity contribution in [2.24, 2.45) is 0 Å². The van der Waals surface area contributed by atoms with E-state index in [1.165, 1.54) is 4.90 Å². The van der Waals surface area contributed by atoms with Gasteiger partial charge in [-0.2, -0.15) is 0 Å². The number of anilines is 1. The molecule has 0 spiro atoms. The number of carbonyl (C=O) groups is 2. The Morgan fingerprint density at radius 3 is 2.39 bits per heavy atom. The lowest BCUT2D eigenvalue weighted by molar-refractivity contribution is -0.139. The number of nitrogens with zero attached hydrogens (tertiary/aromatic N) is 2. The van der Waals surface area contributed by atoms with E-state index in [9.17, 15) is 18.0 Å². The van der Waals surface area contributed by atoms with Crippen LogP contribution < -0.4 is 14.4 Å². The monoisotopic (exact) mass is 535 g/mol. The molecule has 1 saturated carbocycles. The number of amides is 2. The minimum atomic E-state index is -3.85. The van der Waals surface area contributed by atoms with E-state index in [2.05, 4.69) is 5.32 Å². The van der Waals surface area contributed by atoms with Crippen molar-refractivity contribution >= 4 is 39.1 Å². The lowest BCUT2D eigenvalue weighted by Crippen LogP contribution is -2.52. The van der Waals surface area contributed by atoms with Crippen LogP contribution in [0.4, 0.5) is 5.69 Å². The maximum atomic E-state index is 13.7. The molecule has 2 aromatic rings. The van der Waals surface area contributed by atoms with Crippen LogP contribution in [0.25, 0.3) is 0 Å². The largest absolute Gasteiger partial charge is 0.492 e. The van der Waals surface area contributed by atoms with E-state index in [0.717, 1.165) is 36.2 Å². The zero-order valence-electron chi connectivity index (χ0n) is 20.9. The molecule has 0 unspecified atom stereocenters. The van der Waals surface area contributed by atoms with Gasteiger partial charge in [-0.05, 0) is 50.5 Å². The standard InChI is InChI=1S/C26H34ClN3O5S/c1-4-35-24-16-10-9-15-23(24)30(36(3,33)34)18-25(31)29(17-20-11-5-8-14-22(20)27)19(2)26(32)28-21-12-6-7-13-21/h5,8-11,14-16,19,21H,4,6-7,12-13,17-18H2,1-3H3,(H,28,32)/t19-/m0/s1. The highest BCUT2D eigenvalue weighted by Crippen LogP contribution is 2.30. The molecular formula is C26H34ClN3O5S. The summed E-state index contributed by atoms with van der Waals surface area (Å²) in [6, 6.07) is 13.0.